The average molecular weight is 701 g/mol. The first-order chi connectivity index (χ1) is 22.5. The molecule has 0 saturated carbocycles. The van der Waals surface area contributed by atoms with E-state index in [4.69, 9.17) is 10.8 Å². The Morgan fingerprint density at radius 1 is 0.510 bits per heavy atom. The first kappa shape index (κ1) is 44.7. The largest absolute Gasteiger partial charge is 0.481 e. The molecule has 0 aliphatic carbocycles. The Hall–Kier alpha value is -4.28. The van der Waals surface area contributed by atoms with Gasteiger partial charge in [0.25, 0.3) is 0 Å². The number of hydrogen-bond donors (Lipinski definition) is 9. The van der Waals surface area contributed by atoms with E-state index in [9.17, 15) is 48.6 Å². The highest BCUT2D eigenvalue weighted by Gasteiger charge is 2.35. The zero-order valence-electron chi connectivity index (χ0n) is 29.7. The van der Waals surface area contributed by atoms with Crippen molar-refractivity contribution < 1.29 is 53.7 Å². The molecule has 0 bridgehead atoms. The molecule has 0 heterocycles. The van der Waals surface area contributed by atoms with Crippen molar-refractivity contribution in [3.05, 3.63) is 0 Å². The normalized spacial score (nSPS) is 15.0. The van der Waals surface area contributed by atoms with Crippen molar-refractivity contribution in [3.63, 3.8) is 0 Å². The Labute approximate surface area is 287 Å². The van der Waals surface area contributed by atoms with Gasteiger partial charge in [-0.3, -0.25) is 33.6 Å². The maximum absolute atomic E-state index is 13.6. The Morgan fingerprint density at radius 3 is 1.31 bits per heavy atom. The van der Waals surface area contributed by atoms with E-state index in [1.807, 2.05) is 13.8 Å². The number of carboxylic acids is 3. The number of nitrogens with one attached hydrogen (secondary N) is 5. The summed E-state index contributed by atoms with van der Waals surface area (Å²) in [4.78, 5) is 100. The molecule has 0 aliphatic rings. The molecule has 6 atom stereocenters. The van der Waals surface area contributed by atoms with Gasteiger partial charge in [0, 0.05) is 6.42 Å². The minimum absolute atomic E-state index is 0.0572. The SMILES string of the molecule is CC(C)C[C@H](NC(=O)[C@@H](N)CCC(=O)O)C(=O)N[C@H](CC(C)C)C(=O)N[C@H](C(=O)N[C@@H](CC(=O)O)C(=O)N[C@H](CC(C)C)C(=O)O)C(C)C. The molecule has 0 aromatic heterocycles. The van der Waals surface area contributed by atoms with Crippen molar-refractivity contribution in [3.8, 4) is 0 Å². The Bertz CT molecular complexity index is 1170. The lowest BCUT2D eigenvalue weighted by Gasteiger charge is -2.29. The third-order valence-electron chi connectivity index (χ3n) is 7.27. The number of hydrogen-bond acceptors (Lipinski definition) is 9. The molecule has 5 amide bonds. The van der Waals surface area contributed by atoms with Gasteiger partial charge < -0.3 is 47.6 Å². The van der Waals surface area contributed by atoms with Gasteiger partial charge >= 0.3 is 17.9 Å². The minimum atomic E-state index is -1.66. The Kier molecular flexibility index (Phi) is 19.8. The lowest BCUT2D eigenvalue weighted by molar-refractivity contribution is -0.144. The van der Waals surface area contributed by atoms with Crippen molar-refractivity contribution in [2.75, 3.05) is 0 Å². The van der Waals surface area contributed by atoms with E-state index in [0.29, 0.717) is 0 Å². The van der Waals surface area contributed by atoms with Crippen LogP contribution in [0.4, 0.5) is 0 Å². The summed E-state index contributed by atoms with van der Waals surface area (Å²) in [6, 6.07) is -7.77. The summed E-state index contributed by atoms with van der Waals surface area (Å²) in [7, 11) is 0. The van der Waals surface area contributed by atoms with Gasteiger partial charge in [0.05, 0.1) is 12.5 Å². The molecule has 0 aromatic carbocycles. The highest BCUT2D eigenvalue weighted by Crippen LogP contribution is 2.12. The molecule has 0 unspecified atom stereocenters. The third kappa shape index (κ3) is 18.2. The third-order valence-corrected chi connectivity index (χ3v) is 7.27. The predicted octanol–water partition coefficient (Wildman–Crippen LogP) is -0.0439. The molecular weight excluding hydrogens is 644 g/mol. The summed E-state index contributed by atoms with van der Waals surface area (Å²) in [5.74, 6) is -8.93. The fraction of sp³-hybridized carbons (Fsp3) is 0.750. The lowest BCUT2D eigenvalue weighted by Crippen LogP contribution is -2.60. The van der Waals surface area contributed by atoms with Crippen LogP contribution in [0.1, 0.15) is 93.9 Å². The van der Waals surface area contributed by atoms with Crippen LogP contribution in [0.3, 0.4) is 0 Å². The number of carboxylic acid groups (broad SMARTS) is 3. The predicted molar refractivity (Wildman–Crippen MR) is 178 cm³/mol. The van der Waals surface area contributed by atoms with Gasteiger partial charge in [0.2, 0.25) is 29.5 Å². The molecule has 17 heteroatoms. The summed E-state index contributed by atoms with van der Waals surface area (Å²) >= 11 is 0. The molecule has 17 nitrogen and oxygen atoms in total. The highest BCUT2D eigenvalue weighted by atomic mass is 16.4. The number of carbonyl (C=O) groups excluding carboxylic acids is 5. The van der Waals surface area contributed by atoms with E-state index in [2.05, 4.69) is 26.6 Å². The van der Waals surface area contributed by atoms with Gasteiger partial charge in [0.15, 0.2) is 0 Å². The first-order valence-electron chi connectivity index (χ1n) is 16.5. The monoisotopic (exact) mass is 700 g/mol. The van der Waals surface area contributed by atoms with E-state index in [0.717, 1.165) is 0 Å². The molecule has 280 valence electrons. The number of rotatable bonds is 23. The van der Waals surface area contributed by atoms with Crippen molar-refractivity contribution in [2.24, 2.45) is 29.4 Å². The van der Waals surface area contributed by atoms with E-state index in [-0.39, 0.29) is 49.9 Å². The number of aliphatic carboxylic acids is 3. The van der Waals surface area contributed by atoms with Gasteiger partial charge in [-0.25, -0.2) is 4.79 Å². The van der Waals surface area contributed by atoms with Crippen LogP contribution < -0.4 is 32.3 Å². The fourth-order valence-corrected chi connectivity index (χ4v) is 4.77. The second kappa shape index (κ2) is 21.6. The number of carbonyl (C=O) groups is 8. The minimum Gasteiger partial charge on any atom is -0.481 e. The first-order valence-corrected chi connectivity index (χ1v) is 16.5. The van der Waals surface area contributed by atoms with Gasteiger partial charge in [-0.15, -0.1) is 0 Å². The van der Waals surface area contributed by atoms with Gasteiger partial charge in [-0.1, -0.05) is 55.4 Å². The molecule has 0 fully saturated rings. The van der Waals surface area contributed by atoms with Crippen molar-refractivity contribution in [1.29, 1.82) is 0 Å². The van der Waals surface area contributed by atoms with E-state index in [1.54, 1.807) is 41.5 Å². The van der Waals surface area contributed by atoms with Crippen LogP contribution in [-0.4, -0.2) is 99.0 Å². The molecule has 0 spiro atoms. The molecule has 0 rings (SSSR count). The average Bonchev–Trinajstić information content (AvgIpc) is 2.95. The van der Waals surface area contributed by atoms with Crippen LogP contribution in [-0.2, 0) is 38.4 Å². The summed E-state index contributed by atoms with van der Waals surface area (Å²) in [6.45, 7) is 13.9. The second-order valence-electron chi connectivity index (χ2n) is 13.8. The van der Waals surface area contributed by atoms with Crippen LogP contribution in [0, 0.1) is 23.7 Å². The number of nitrogens with two attached hydrogens (primary N) is 1. The summed E-state index contributed by atoms with van der Waals surface area (Å²) in [6.07, 6.45) is -1.01. The van der Waals surface area contributed by atoms with Crippen LogP contribution in [0.25, 0.3) is 0 Å². The van der Waals surface area contributed by atoms with Crippen LogP contribution >= 0.6 is 0 Å². The molecular formula is C32H56N6O11. The van der Waals surface area contributed by atoms with Crippen molar-refractivity contribution in [2.45, 2.75) is 130 Å². The molecule has 0 radical (unpaired) electrons. The van der Waals surface area contributed by atoms with E-state index < -0.39 is 96.0 Å². The maximum atomic E-state index is 13.6. The molecule has 10 N–H and O–H groups in total. The van der Waals surface area contributed by atoms with E-state index >= 15 is 0 Å². The zero-order valence-corrected chi connectivity index (χ0v) is 29.7. The fourth-order valence-electron chi connectivity index (χ4n) is 4.77. The van der Waals surface area contributed by atoms with Crippen LogP contribution in [0.5, 0.6) is 0 Å². The molecule has 49 heavy (non-hydrogen) atoms. The van der Waals surface area contributed by atoms with Crippen LogP contribution in [0.2, 0.25) is 0 Å². The smallest absolute Gasteiger partial charge is 0.326 e. The summed E-state index contributed by atoms with van der Waals surface area (Å²) < 4.78 is 0. The Morgan fingerprint density at radius 2 is 0.898 bits per heavy atom. The molecule has 0 aliphatic heterocycles. The van der Waals surface area contributed by atoms with Gasteiger partial charge in [0.1, 0.15) is 30.2 Å². The maximum Gasteiger partial charge on any atom is 0.326 e. The quantitative estimate of drug-likeness (QED) is 0.0679. The lowest BCUT2D eigenvalue weighted by atomic mass is 9.98. The van der Waals surface area contributed by atoms with Crippen molar-refractivity contribution >= 4 is 47.4 Å². The van der Waals surface area contributed by atoms with Gasteiger partial charge in [-0.05, 0) is 49.4 Å². The zero-order chi connectivity index (χ0) is 38.2. The summed E-state index contributed by atoms with van der Waals surface area (Å²) in [5, 5.41) is 40.1. The van der Waals surface area contributed by atoms with Crippen molar-refractivity contribution in [1.82, 2.24) is 26.6 Å². The number of amides is 5. The molecule has 0 saturated heterocycles. The highest BCUT2D eigenvalue weighted by molar-refractivity contribution is 5.97. The van der Waals surface area contributed by atoms with Gasteiger partial charge in [-0.2, -0.15) is 0 Å². The van der Waals surface area contributed by atoms with Crippen LogP contribution in [0.15, 0.2) is 0 Å². The molecule has 0 aromatic rings. The topological polar surface area (TPSA) is 283 Å². The standard InChI is InChI=1S/C32H56N6O11/c1-15(2)11-20(34-27(43)19(33)9-10-24(39)40)28(44)35-21(12-16(3)4)30(46)38-26(18(7)8)31(47)36-22(14-25(41)42)29(45)37-23(32(48)49)13-17(5)6/h15-23,26H,9-14,33H2,1-8H3,(H,34,43)(H,35,44)(H,36,47)(H,37,45)(H,38,46)(H,39,40)(H,41,42)(H,48,49)/t19-,20-,21+,22-,23+,26-/m0/s1. The second-order valence-corrected chi connectivity index (χ2v) is 13.8. The Balaban J connectivity index is 6.04. The van der Waals surface area contributed by atoms with E-state index in [1.165, 1.54) is 0 Å². The summed E-state index contributed by atoms with van der Waals surface area (Å²) in [5.41, 5.74) is 5.81.